The maximum absolute atomic E-state index is 13.1. The van der Waals surface area contributed by atoms with E-state index in [2.05, 4.69) is 12.2 Å². The molecule has 0 unspecified atom stereocenters. The van der Waals surface area contributed by atoms with Crippen LogP contribution in [-0.4, -0.2) is 22.7 Å². The number of benzene rings is 2. The van der Waals surface area contributed by atoms with E-state index in [9.17, 15) is 19.8 Å². The van der Waals surface area contributed by atoms with Crippen molar-refractivity contribution in [1.29, 1.82) is 0 Å². The van der Waals surface area contributed by atoms with E-state index < -0.39 is 0 Å². The largest absolute Gasteiger partial charge is 0.508 e. The normalized spacial score (nSPS) is 11.2. The number of amides is 1. The van der Waals surface area contributed by atoms with E-state index in [-0.39, 0.29) is 39.7 Å². The lowest BCUT2D eigenvalue weighted by Crippen LogP contribution is -2.22. The van der Waals surface area contributed by atoms with Crippen molar-refractivity contribution >= 4 is 23.0 Å². The summed E-state index contributed by atoms with van der Waals surface area (Å²) in [6.07, 6.45) is 7.00. The van der Waals surface area contributed by atoms with Gasteiger partial charge in [-0.3, -0.25) is 9.59 Å². The molecule has 6 heteroatoms. The SMILES string of the molecule is CCCCCCNC(=O)/C=C/c1c(-c2ccc(O)cc2)oc2cc(O)ccc2c1=O. The summed E-state index contributed by atoms with van der Waals surface area (Å²) in [5.74, 6) is 0.0329. The molecule has 0 aliphatic carbocycles. The predicted molar refractivity (Wildman–Crippen MR) is 117 cm³/mol. The van der Waals surface area contributed by atoms with Gasteiger partial charge in [0.25, 0.3) is 0 Å². The summed E-state index contributed by atoms with van der Waals surface area (Å²) in [6.45, 7) is 2.71. The number of rotatable bonds is 8. The van der Waals surface area contributed by atoms with Gasteiger partial charge in [-0.25, -0.2) is 0 Å². The highest BCUT2D eigenvalue weighted by Gasteiger charge is 2.15. The zero-order valence-corrected chi connectivity index (χ0v) is 16.9. The number of hydrogen-bond acceptors (Lipinski definition) is 5. The van der Waals surface area contributed by atoms with Gasteiger partial charge in [-0.2, -0.15) is 0 Å². The highest BCUT2D eigenvalue weighted by Crippen LogP contribution is 2.29. The Hall–Kier alpha value is -3.54. The van der Waals surface area contributed by atoms with Gasteiger partial charge >= 0.3 is 0 Å². The molecule has 0 fully saturated rings. The second-order valence-electron chi connectivity index (χ2n) is 7.09. The van der Waals surface area contributed by atoms with Crippen molar-refractivity contribution < 1.29 is 19.4 Å². The third-order valence-corrected chi connectivity index (χ3v) is 4.77. The van der Waals surface area contributed by atoms with E-state index in [1.54, 1.807) is 12.1 Å². The van der Waals surface area contributed by atoms with Gasteiger partial charge in [0.1, 0.15) is 22.8 Å². The molecule has 0 radical (unpaired) electrons. The van der Waals surface area contributed by atoms with Crippen molar-refractivity contribution in [3.05, 3.63) is 64.3 Å². The van der Waals surface area contributed by atoms with Crippen molar-refractivity contribution in [2.45, 2.75) is 32.6 Å². The summed E-state index contributed by atoms with van der Waals surface area (Å²) in [5, 5.41) is 22.4. The minimum absolute atomic E-state index is 0.0203. The van der Waals surface area contributed by atoms with Crippen LogP contribution in [0.5, 0.6) is 11.5 Å². The van der Waals surface area contributed by atoms with Gasteiger partial charge in [-0.15, -0.1) is 0 Å². The fourth-order valence-electron chi connectivity index (χ4n) is 3.16. The fourth-order valence-corrected chi connectivity index (χ4v) is 3.16. The number of phenols is 2. The highest BCUT2D eigenvalue weighted by molar-refractivity contribution is 5.94. The first-order chi connectivity index (χ1) is 14.5. The monoisotopic (exact) mass is 407 g/mol. The summed E-state index contributed by atoms with van der Waals surface area (Å²) < 4.78 is 5.91. The van der Waals surface area contributed by atoms with Crippen LogP contribution in [0.2, 0.25) is 0 Å². The lowest BCUT2D eigenvalue weighted by Gasteiger charge is -2.08. The Morgan fingerprint density at radius 3 is 2.50 bits per heavy atom. The minimum atomic E-state index is -0.314. The van der Waals surface area contributed by atoms with Gasteiger partial charge < -0.3 is 19.9 Å². The summed E-state index contributed by atoms with van der Waals surface area (Å²) in [7, 11) is 0. The van der Waals surface area contributed by atoms with Crippen LogP contribution in [0.3, 0.4) is 0 Å². The van der Waals surface area contributed by atoms with E-state index in [4.69, 9.17) is 4.42 Å². The molecule has 3 N–H and O–H groups in total. The molecule has 30 heavy (non-hydrogen) atoms. The first-order valence-corrected chi connectivity index (χ1v) is 10.0. The van der Waals surface area contributed by atoms with Crippen molar-refractivity contribution in [2.75, 3.05) is 6.54 Å². The Labute approximate surface area is 174 Å². The molecule has 1 heterocycles. The van der Waals surface area contributed by atoms with E-state index in [1.807, 2.05) is 0 Å². The Balaban J connectivity index is 1.95. The fraction of sp³-hybridized carbons (Fsp3) is 0.250. The zero-order chi connectivity index (χ0) is 21.5. The summed E-state index contributed by atoms with van der Waals surface area (Å²) in [5.41, 5.74) is 0.710. The highest BCUT2D eigenvalue weighted by atomic mass is 16.3. The van der Waals surface area contributed by atoms with Crippen LogP contribution in [0.1, 0.15) is 38.2 Å². The number of hydrogen-bond donors (Lipinski definition) is 3. The first-order valence-electron chi connectivity index (χ1n) is 10.0. The number of phenolic OH excluding ortho intramolecular Hbond substituents is 2. The Morgan fingerprint density at radius 2 is 1.77 bits per heavy atom. The molecule has 2 aromatic carbocycles. The molecule has 1 amide bonds. The van der Waals surface area contributed by atoms with Crippen LogP contribution in [0.15, 0.2) is 57.8 Å². The smallest absolute Gasteiger partial charge is 0.244 e. The number of fused-ring (bicyclic) bond motifs is 1. The van der Waals surface area contributed by atoms with Gasteiger partial charge in [0, 0.05) is 24.3 Å². The van der Waals surface area contributed by atoms with Crippen LogP contribution in [0.4, 0.5) is 0 Å². The molecule has 1 aromatic heterocycles. The summed E-state index contributed by atoms with van der Waals surface area (Å²) in [6, 6.07) is 10.5. The molecule has 6 nitrogen and oxygen atoms in total. The van der Waals surface area contributed by atoms with Crippen LogP contribution in [-0.2, 0) is 4.79 Å². The molecule has 0 atom stereocenters. The van der Waals surface area contributed by atoms with Gasteiger partial charge in [0.15, 0.2) is 0 Å². The molecule has 3 aromatic rings. The Morgan fingerprint density at radius 1 is 1.03 bits per heavy atom. The second-order valence-corrected chi connectivity index (χ2v) is 7.09. The topological polar surface area (TPSA) is 99.8 Å². The average molecular weight is 407 g/mol. The molecule has 0 bridgehead atoms. The van der Waals surface area contributed by atoms with E-state index in [0.29, 0.717) is 17.5 Å². The second kappa shape index (κ2) is 9.78. The average Bonchev–Trinajstić information content (AvgIpc) is 2.73. The van der Waals surface area contributed by atoms with E-state index in [0.717, 1.165) is 25.7 Å². The van der Waals surface area contributed by atoms with Crippen LogP contribution in [0, 0.1) is 0 Å². The number of nitrogens with one attached hydrogen (secondary N) is 1. The molecule has 156 valence electrons. The van der Waals surface area contributed by atoms with Gasteiger partial charge in [0.05, 0.1) is 10.9 Å². The molecule has 0 aliphatic rings. The number of aromatic hydroxyl groups is 2. The van der Waals surface area contributed by atoms with Crippen molar-refractivity contribution in [3.8, 4) is 22.8 Å². The molecule has 0 saturated heterocycles. The van der Waals surface area contributed by atoms with Gasteiger partial charge in [0.2, 0.25) is 11.3 Å². The van der Waals surface area contributed by atoms with Crippen molar-refractivity contribution in [2.24, 2.45) is 0 Å². The van der Waals surface area contributed by atoms with Crippen LogP contribution >= 0.6 is 0 Å². The number of carbonyl (C=O) groups excluding carboxylic acids is 1. The van der Waals surface area contributed by atoms with E-state index >= 15 is 0 Å². The summed E-state index contributed by atoms with van der Waals surface area (Å²) >= 11 is 0. The quantitative estimate of drug-likeness (QED) is 0.375. The lowest BCUT2D eigenvalue weighted by molar-refractivity contribution is -0.116. The molecule has 0 spiro atoms. The predicted octanol–water partition coefficient (Wildman–Crippen LogP) is 4.58. The maximum Gasteiger partial charge on any atom is 0.244 e. The summed E-state index contributed by atoms with van der Waals surface area (Å²) in [4.78, 5) is 25.2. The van der Waals surface area contributed by atoms with Crippen molar-refractivity contribution in [3.63, 3.8) is 0 Å². The number of carbonyl (C=O) groups is 1. The Bertz CT molecular complexity index is 1110. The molecule has 0 saturated carbocycles. The zero-order valence-electron chi connectivity index (χ0n) is 16.9. The molecular weight excluding hydrogens is 382 g/mol. The van der Waals surface area contributed by atoms with Crippen LogP contribution < -0.4 is 10.7 Å². The Kier molecular flexibility index (Phi) is 6.91. The minimum Gasteiger partial charge on any atom is -0.508 e. The van der Waals surface area contributed by atoms with Crippen molar-refractivity contribution in [1.82, 2.24) is 5.32 Å². The lowest BCUT2D eigenvalue weighted by atomic mass is 10.0. The molecule has 0 aliphatic heterocycles. The van der Waals surface area contributed by atoms with Gasteiger partial charge in [-0.05, 0) is 48.9 Å². The van der Waals surface area contributed by atoms with Gasteiger partial charge in [-0.1, -0.05) is 26.2 Å². The first kappa shape index (κ1) is 21.2. The standard InChI is InChI=1S/C24H25NO5/c1-2-3-4-5-14-25-22(28)13-12-20-23(29)19-11-10-18(27)15-21(19)30-24(20)16-6-8-17(26)9-7-16/h6-13,15,26-27H,2-5,14H2,1H3,(H,25,28)/b13-12+. The van der Waals surface area contributed by atoms with E-state index in [1.165, 1.54) is 42.5 Å². The van der Waals surface area contributed by atoms with Crippen LogP contribution in [0.25, 0.3) is 28.4 Å². The maximum atomic E-state index is 13.1. The molecular formula is C24H25NO5. The number of unbranched alkanes of at least 4 members (excludes halogenated alkanes) is 3. The third-order valence-electron chi connectivity index (χ3n) is 4.77. The molecule has 3 rings (SSSR count). The third kappa shape index (κ3) is 5.08.